The summed E-state index contributed by atoms with van der Waals surface area (Å²) in [5, 5.41) is 6.48. The smallest absolute Gasteiger partial charge is 0.250 e. The minimum atomic E-state index is -0.114. The maximum Gasteiger partial charge on any atom is 0.250 e. The van der Waals surface area contributed by atoms with Crippen LogP contribution >= 0.6 is 0 Å². The van der Waals surface area contributed by atoms with Gasteiger partial charge in [0.15, 0.2) is 0 Å². The average molecular weight is 320 g/mol. The van der Waals surface area contributed by atoms with Crippen LogP contribution in [0.25, 0.3) is 5.70 Å². The predicted octanol–water partition coefficient (Wildman–Crippen LogP) is 4.21. The molecule has 0 unspecified atom stereocenters. The Balaban J connectivity index is 1.88. The molecule has 0 aliphatic carbocycles. The molecule has 0 aromatic heterocycles. The maximum absolute atomic E-state index is 12.5. The Kier molecular flexibility index (Phi) is 4.18. The Morgan fingerprint density at radius 2 is 1.92 bits per heavy atom. The highest BCUT2D eigenvalue weighted by atomic mass is 16.1. The quantitative estimate of drug-likeness (QED) is 0.814. The first kappa shape index (κ1) is 16.3. The van der Waals surface area contributed by atoms with E-state index < -0.39 is 0 Å². The molecule has 24 heavy (non-hydrogen) atoms. The monoisotopic (exact) mass is 320 g/mol. The summed E-state index contributed by atoms with van der Waals surface area (Å²) in [5.41, 5.74) is 6.29. The topological polar surface area (TPSA) is 41.1 Å². The highest BCUT2D eigenvalue weighted by Gasteiger charge is 2.27. The van der Waals surface area contributed by atoms with E-state index in [4.69, 9.17) is 0 Å². The number of amides is 1. The van der Waals surface area contributed by atoms with Crippen molar-refractivity contribution in [3.8, 4) is 0 Å². The molecule has 124 valence electrons. The fourth-order valence-corrected chi connectivity index (χ4v) is 3.26. The molecule has 0 atom stereocenters. The molecular weight excluding hydrogens is 296 g/mol. The number of rotatable bonds is 2. The SMILES string of the molecule is Cc1ccc(NC(=O)/C=C2/NC(C)(C)Cc3ccccc32)c(C)c1. The molecule has 3 heteroatoms. The van der Waals surface area contributed by atoms with Crippen LogP contribution in [0, 0.1) is 13.8 Å². The highest BCUT2D eigenvalue weighted by molar-refractivity contribution is 6.04. The normalized spacial score (nSPS) is 17.1. The second kappa shape index (κ2) is 6.16. The van der Waals surface area contributed by atoms with E-state index >= 15 is 0 Å². The number of benzene rings is 2. The van der Waals surface area contributed by atoms with E-state index in [0.717, 1.165) is 28.9 Å². The number of aryl methyl sites for hydroxylation is 2. The number of fused-ring (bicyclic) bond motifs is 1. The summed E-state index contributed by atoms with van der Waals surface area (Å²) >= 11 is 0. The third-order valence-corrected chi connectivity index (χ3v) is 4.33. The Morgan fingerprint density at radius 1 is 1.17 bits per heavy atom. The molecule has 0 saturated heterocycles. The first-order valence-electron chi connectivity index (χ1n) is 8.30. The summed E-state index contributed by atoms with van der Waals surface area (Å²) in [6.45, 7) is 8.36. The van der Waals surface area contributed by atoms with Crippen LogP contribution in [0.5, 0.6) is 0 Å². The van der Waals surface area contributed by atoms with Crippen LogP contribution in [0.1, 0.15) is 36.1 Å². The third kappa shape index (κ3) is 3.51. The van der Waals surface area contributed by atoms with Gasteiger partial charge >= 0.3 is 0 Å². The summed E-state index contributed by atoms with van der Waals surface area (Å²) in [7, 11) is 0. The van der Waals surface area contributed by atoms with Gasteiger partial charge in [0.25, 0.3) is 0 Å². The van der Waals surface area contributed by atoms with Crippen molar-refractivity contribution in [3.05, 3.63) is 70.8 Å². The molecule has 0 spiro atoms. The Morgan fingerprint density at radius 3 is 2.67 bits per heavy atom. The molecule has 1 aliphatic heterocycles. The van der Waals surface area contributed by atoms with E-state index in [0.29, 0.717) is 0 Å². The van der Waals surface area contributed by atoms with E-state index in [-0.39, 0.29) is 11.4 Å². The van der Waals surface area contributed by atoms with E-state index in [1.165, 1.54) is 11.1 Å². The Labute approximate surface area is 143 Å². The molecule has 2 aromatic carbocycles. The zero-order valence-electron chi connectivity index (χ0n) is 14.7. The van der Waals surface area contributed by atoms with Crippen molar-refractivity contribution in [1.82, 2.24) is 5.32 Å². The van der Waals surface area contributed by atoms with Gasteiger partial charge < -0.3 is 10.6 Å². The van der Waals surface area contributed by atoms with Crippen LogP contribution in [0.3, 0.4) is 0 Å². The molecule has 3 rings (SSSR count). The first-order chi connectivity index (χ1) is 11.3. The van der Waals surface area contributed by atoms with Gasteiger partial charge in [-0.1, -0.05) is 42.0 Å². The van der Waals surface area contributed by atoms with Gasteiger partial charge in [0, 0.05) is 28.6 Å². The van der Waals surface area contributed by atoms with Crippen LogP contribution in [-0.4, -0.2) is 11.4 Å². The molecule has 3 nitrogen and oxygen atoms in total. The van der Waals surface area contributed by atoms with Gasteiger partial charge in [-0.25, -0.2) is 0 Å². The van der Waals surface area contributed by atoms with Gasteiger partial charge in [-0.15, -0.1) is 0 Å². The lowest BCUT2D eigenvalue weighted by Crippen LogP contribution is -2.44. The van der Waals surface area contributed by atoms with Crippen LogP contribution < -0.4 is 10.6 Å². The van der Waals surface area contributed by atoms with E-state index in [1.807, 2.05) is 38.1 Å². The molecule has 2 N–H and O–H groups in total. The number of anilines is 1. The molecule has 1 amide bonds. The fourth-order valence-electron chi connectivity index (χ4n) is 3.26. The lowest BCUT2D eigenvalue weighted by Gasteiger charge is -2.35. The number of hydrogen-bond donors (Lipinski definition) is 2. The summed E-state index contributed by atoms with van der Waals surface area (Å²) in [6.07, 6.45) is 2.61. The van der Waals surface area contributed by atoms with Gasteiger partial charge in [-0.2, -0.15) is 0 Å². The predicted molar refractivity (Wildman–Crippen MR) is 99.9 cm³/mol. The van der Waals surface area contributed by atoms with E-state index in [9.17, 15) is 4.79 Å². The van der Waals surface area contributed by atoms with Crippen LogP contribution in [0.15, 0.2) is 48.5 Å². The highest BCUT2D eigenvalue weighted by Crippen LogP contribution is 2.29. The summed E-state index contributed by atoms with van der Waals surface area (Å²) < 4.78 is 0. The molecular formula is C21H24N2O. The summed E-state index contributed by atoms with van der Waals surface area (Å²) in [5.74, 6) is -0.114. The van der Waals surface area contributed by atoms with Crippen LogP contribution in [0.2, 0.25) is 0 Å². The van der Waals surface area contributed by atoms with Crippen molar-refractivity contribution in [3.63, 3.8) is 0 Å². The molecule has 2 aromatic rings. The van der Waals surface area contributed by atoms with Crippen molar-refractivity contribution in [2.24, 2.45) is 0 Å². The summed E-state index contributed by atoms with van der Waals surface area (Å²) in [4.78, 5) is 12.5. The molecule has 1 aliphatic rings. The van der Waals surface area contributed by atoms with Gasteiger partial charge in [0.1, 0.15) is 0 Å². The van der Waals surface area contributed by atoms with Gasteiger partial charge in [-0.3, -0.25) is 4.79 Å². The fraction of sp³-hybridized carbons (Fsp3) is 0.286. The lowest BCUT2D eigenvalue weighted by molar-refractivity contribution is -0.111. The van der Waals surface area contributed by atoms with Crippen LogP contribution in [0.4, 0.5) is 5.69 Å². The average Bonchev–Trinajstić information content (AvgIpc) is 2.49. The van der Waals surface area contributed by atoms with Crippen LogP contribution in [-0.2, 0) is 11.2 Å². The van der Waals surface area contributed by atoms with Crippen molar-refractivity contribution >= 4 is 17.3 Å². The zero-order valence-corrected chi connectivity index (χ0v) is 14.7. The summed E-state index contributed by atoms with van der Waals surface area (Å²) in [6, 6.07) is 14.3. The van der Waals surface area contributed by atoms with Gasteiger partial charge in [-0.05, 0) is 51.3 Å². The number of carbonyl (C=O) groups is 1. The van der Waals surface area contributed by atoms with E-state index in [1.54, 1.807) is 6.08 Å². The van der Waals surface area contributed by atoms with E-state index in [2.05, 4.69) is 42.7 Å². The largest absolute Gasteiger partial charge is 0.379 e. The van der Waals surface area contributed by atoms with Crippen molar-refractivity contribution < 1.29 is 4.79 Å². The lowest BCUT2D eigenvalue weighted by atomic mass is 9.86. The van der Waals surface area contributed by atoms with Gasteiger partial charge in [0.2, 0.25) is 5.91 Å². The molecule has 0 radical (unpaired) electrons. The minimum Gasteiger partial charge on any atom is -0.379 e. The second-order valence-corrected chi connectivity index (χ2v) is 7.21. The molecule has 0 fully saturated rings. The Hall–Kier alpha value is -2.55. The number of hydrogen-bond acceptors (Lipinski definition) is 2. The second-order valence-electron chi connectivity index (χ2n) is 7.21. The maximum atomic E-state index is 12.5. The minimum absolute atomic E-state index is 0.0692. The first-order valence-corrected chi connectivity index (χ1v) is 8.30. The Bertz CT molecular complexity index is 818. The van der Waals surface area contributed by atoms with Crippen molar-refractivity contribution in [2.45, 2.75) is 39.7 Å². The number of carbonyl (C=O) groups excluding carboxylic acids is 1. The van der Waals surface area contributed by atoms with Crippen molar-refractivity contribution in [2.75, 3.05) is 5.32 Å². The zero-order chi connectivity index (χ0) is 17.3. The molecule has 0 saturated carbocycles. The standard InChI is InChI=1S/C21H24N2O/c1-14-9-10-18(15(2)11-14)22-20(24)12-19-17-8-6-5-7-16(17)13-21(3,4)23-19/h5-12,23H,13H2,1-4H3,(H,22,24)/b19-12+. The molecule has 0 bridgehead atoms. The molecule has 1 heterocycles. The van der Waals surface area contributed by atoms with Gasteiger partial charge in [0.05, 0.1) is 0 Å². The number of nitrogens with one attached hydrogen (secondary N) is 2. The van der Waals surface area contributed by atoms with Crippen molar-refractivity contribution in [1.29, 1.82) is 0 Å². The third-order valence-electron chi connectivity index (χ3n) is 4.33.